The van der Waals surface area contributed by atoms with Crippen molar-refractivity contribution >= 4 is 0 Å². The van der Waals surface area contributed by atoms with Crippen molar-refractivity contribution in [1.29, 1.82) is 0 Å². The molecule has 0 unspecified atom stereocenters. The number of halogens is 2. The topological polar surface area (TPSA) is 16.4 Å². The molecule has 2 nitrogen and oxygen atoms in total. The molecule has 1 heterocycles. The van der Waals surface area contributed by atoms with E-state index in [9.17, 15) is 8.78 Å². The summed E-state index contributed by atoms with van der Waals surface area (Å²) in [7, 11) is 0. The van der Waals surface area contributed by atoms with Crippen LogP contribution < -0.4 is 0 Å². The summed E-state index contributed by atoms with van der Waals surface area (Å²) in [5.74, 6) is 0.127. The van der Waals surface area contributed by atoms with E-state index in [0.29, 0.717) is 13.1 Å². The van der Waals surface area contributed by atoms with Crippen molar-refractivity contribution in [3.8, 4) is 0 Å². The first-order valence-corrected chi connectivity index (χ1v) is 6.69. The summed E-state index contributed by atoms with van der Waals surface area (Å²) in [6.07, 6.45) is 0. The van der Waals surface area contributed by atoms with Crippen molar-refractivity contribution < 1.29 is 13.2 Å². The van der Waals surface area contributed by atoms with E-state index in [2.05, 4.69) is 18.7 Å². The highest BCUT2D eigenvalue weighted by Gasteiger charge is 2.14. The third-order valence-corrected chi connectivity index (χ3v) is 3.25. The molecule has 2 aromatic rings. The Morgan fingerprint density at radius 2 is 1.80 bits per heavy atom. The van der Waals surface area contributed by atoms with Crippen LogP contribution in [0.2, 0.25) is 0 Å². The smallest absolute Gasteiger partial charge is 0.159 e. The number of benzene rings is 1. The third-order valence-electron chi connectivity index (χ3n) is 3.25. The molecule has 0 amide bonds. The van der Waals surface area contributed by atoms with Crippen molar-refractivity contribution in [1.82, 2.24) is 4.90 Å². The number of hydrogen-bond donors (Lipinski definition) is 0. The van der Waals surface area contributed by atoms with Gasteiger partial charge in [-0.1, -0.05) is 6.07 Å². The van der Waals surface area contributed by atoms with Gasteiger partial charge < -0.3 is 4.42 Å². The van der Waals surface area contributed by atoms with Crippen LogP contribution in [0.4, 0.5) is 8.78 Å². The molecule has 20 heavy (non-hydrogen) atoms. The second-order valence-corrected chi connectivity index (χ2v) is 5.26. The number of hydrogen-bond acceptors (Lipinski definition) is 2. The van der Waals surface area contributed by atoms with Crippen molar-refractivity contribution in [2.75, 3.05) is 0 Å². The minimum atomic E-state index is -0.813. The van der Waals surface area contributed by atoms with Crippen LogP contribution in [0.15, 0.2) is 34.7 Å². The molecule has 0 saturated carbocycles. The van der Waals surface area contributed by atoms with Crippen LogP contribution in [-0.4, -0.2) is 10.9 Å². The zero-order valence-corrected chi connectivity index (χ0v) is 12.0. The molecule has 1 aromatic heterocycles. The summed E-state index contributed by atoms with van der Waals surface area (Å²) >= 11 is 0. The fourth-order valence-corrected chi connectivity index (χ4v) is 2.06. The number of nitrogens with zero attached hydrogens (tertiary/aromatic N) is 1. The molecule has 2 rings (SSSR count). The number of rotatable bonds is 5. The number of furan rings is 1. The second-order valence-electron chi connectivity index (χ2n) is 5.26. The molecular formula is C16H19F2NO. The molecule has 108 valence electrons. The predicted molar refractivity (Wildman–Crippen MR) is 74.2 cm³/mol. The molecular weight excluding hydrogens is 260 g/mol. The van der Waals surface area contributed by atoms with Crippen molar-refractivity contribution in [3.63, 3.8) is 0 Å². The molecule has 0 radical (unpaired) electrons. The molecule has 0 fully saturated rings. The van der Waals surface area contributed by atoms with Gasteiger partial charge in [-0.15, -0.1) is 0 Å². The van der Waals surface area contributed by atoms with E-state index in [1.165, 1.54) is 12.1 Å². The molecule has 0 aliphatic rings. The molecule has 1 aromatic carbocycles. The second kappa shape index (κ2) is 6.18. The van der Waals surface area contributed by atoms with Gasteiger partial charge in [0, 0.05) is 12.6 Å². The Kier molecular flexibility index (Phi) is 4.55. The average molecular weight is 279 g/mol. The Hall–Kier alpha value is -1.68. The fraction of sp³-hybridized carbons (Fsp3) is 0.375. The molecule has 0 atom stereocenters. The Bertz CT molecular complexity index is 578. The SMILES string of the molecule is Cc1ccc(CN(Cc2ccc(F)c(F)c2)C(C)C)o1. The van der Waals surface area contributed by atoms with E-state index in [1.54, 1.807) is 6.07 Å². The van der Waals surface area contributed by atoms with Gasteiger partial charge in [-0.05, 0) is 50.6 Å². The molecule has 0 aliphatic heterocycles. The minimum Gasteiger partial charge on any atom is -0.465 e. The van der Waals surface area contributed by atoms with Crippen molar-refractivity contribution in [3.05, 3.63) is 59.1 Å². The largest absolute Gasteiger partial charge is 0.465 e. The molecule has 4 heteroatoms. The van der Waals surface area contributed by atoms with Gasteiger partial charge in [-0.25, -0.2) is 8.78 Å². The Balaban J connectivity index is 2.10. The van der Waals surface area contributed by atoms with Gasteiger partial charge in [0.15, 0.2) is 11.6 Å². The lowest BCUT2D eigenvalue weighted by molar-refractivity contribution is 0.186. The zero-order valence-electron chi connectivity index (χ0n) is 12.0. The minimum absolute atomic E-state index is 0.272. The summed E-state index contributed by atoms with van der Waals surface area (Å²) in [4.78, 5) is 2.14. The molecule has 0 bridgehead atoms. The Morgan fingerprint density at radius 3 is 2.35 bits per heavy atom. The average Bonchev–Trinajstić information content (AvgIpc) is 2.78. The first kappa shape index (κ1) is 14.7. The third kappa shape index (κ3) is 3.67. The van der Waals surface area contributed by atoms with Crippen LogP contribution in [0.3, 0.4) is 0 Å². The van der Waals surface area contributed by atoms with Crippen LogP contribution in [0.1, 0.15) is 30.9 Å². The predicted octanol–water partition coefficient (Wildman–Crippen LogP) is 4.28. The monoisotopic (exact) mass is 279 g/mol. The van der Waals surface area contributed by atoms with Crippen LogP contribution in [0.25, 0.3) is 0 Å². The van der Waals surface area contributed by atoms with Gasteiger partial charge in [0.1, 0.15) is 11.5 Å². The van der Waals surface area contributed by atoms with Crippen molar-refractivity contribution in [2.45, 2.75) is 39.9 Å². The lowest BCUT2D eigenvalue weighted by Crippen LogP contribution is -2.29. The van der Waals surface area contributed by atoms with Crippen molar-refractivity contribution in [2.24, 2.45) is 0 Å². The first-order chi connectivity index (χ1) is 9.45. The molecule has 0 spiro atoms. The Morgan fingerprint density at radius 1 is 1.05 bits per heavy atom. The van der Waals surface area contributed by atoms with Crippen LogP contribution >= 0.6 is 0 Å². The van der Waals surface area contributed by atoms with Gasteiger partial charge in [-0.2, -0.15) is 0 Å². The number of aryl methyl sites for hydroxylation is 1. The van der Waals surface area contributed by atoms with Gasteiger partial charge in [0.25, 0.3) is 0 Å². The summed E-state index contributed by atoms with van der Waals surface area (Å²) in [5.41, 5.74) is 0.751. The fourth-order valence-electron chi connectivity index (χ4n) is 2.06. The van der Waals surface area contributed by atoms with Gasteiger partial charge >= 0.3 is 0 Å². The van der Waals surface area contributed by atoms with E-state index < -0.39 is 11.6 Å². The van der Waals surface area contributed by atoms with Gasteiger partial charge in [0.05, 0.1) is 6.54 Å². The van der Waals surface area contributed by atoms with E-state index in [0.717, 1.165) is 17.1 Å². The normalized spacial score (nSPS) is 11.6. The lowest BCUT2D eigenvalue weighted by atomic mass is 10.1. The summed E-state index contributed by atoms with van der Waals surface area (Å²) in [5, 5.41) is 0. The summed E-state index contributed by atoms with van der Waals surface area (Å²) in [6.45, 7) is 7.23. The molecule has 0 saturated heterocycles. The highest BCUT2D eigenvalue weighted by Crippen LogP contribution is 2.16. The zero-order chi connectivity index (χ0) is 14.7. The van der Waals surface area contributed by atoms with Crippen LogP contribution in [-0.2, 0) is 13.1 Å². The van der Waals surface area contributed by atoms with Crippen LogP contribution in [0.5, 0.6) is 0 Å². The van der Waals surface area contributed by atoms with Crippen LogP contribution in [0, 0.1) is 18.6 Å². The summed E-state index contributed by atoms with van der Waals surface area (Å²) < 4.78 is 31.8. The van der Waals surface area contributed by atoms with E-state index >= 15 is 0 Å². The quantitative estimate of drug-likeness (QED) is 0.812. The van der Waals surface area contributed by atoms with E-state index in [4.69, 9.17) is 4.42 Å². The molecule has 0 aliphatic carbocycles. The van der Waals surface area contributed by atoms with Gasteiger partial charge in [-0.3, -0.25) is 4.90 Å². The maximum Gasteiger partial charge on any atom is 0.159 e. The first-order valence-electron chi connectivity index (χ1n) is 6.69. The summed E-state index contributed by atoms with van der Waals surface area (Å²) in [6, 6.07) is 8.16. The van der Waals surface area contributed by atoms with E-state index in [1.807, 2.05) is 19.1 Å². The molecule has 0 N–H and O–H groups in total. The highest BCUT2D eigenvalue weighted by molar-refractivity contribution is 5.18. The van der Waals surface area contributed by atoms with Gasteiger partial charge in [0.2, 0.25) is 0 Å². The maximum atomic E-state index is 13.2. The highest BCUT2D eigenvalue weighted by atomic mass is 19.2. The van der Waals surface area contributed by atoms with E-state index in [-0.39, 0.29) is 6.04 Å². The Labute approximate surface area is 118 Å². The lowest BCUT2D eigenvalue weighted by Gasteiger charge is -2.25. The maximum absolute atomic E-state index is 13.2. The standard InChI is InChI=1S/C16H19F2NO/c1-11(2)19(10-14-6-4-12(3)20-14)9-13-5-7-15(17)16(18)8-13/h4-8,11H,9-10H2,1-3H3.